The van der Waals surface area contributed by atoms with Crippen molar-refractivity contribution in [3.63, 3.8) is 0 Å². The van der Waals surface area contributed by atoms with Crippen molar-refractivity contribution in [1.82, 2.24) is 19.8 Å². The molecule has 27 heavy (non-hydrogen) atoms. The predicted molar refractivity (Wildman–Crippen MR) is 109 cm³/mol. The molecule has 0 fully saturated rings. The number of carbonyl (C=O) groups excluding carboxylic acids is 1. The topological polar surface area (TPSA) is 72.2 Å². The van der Waals surface area contributed by atoms with Gasteiger partial charge in [0.15, 0.2) is 11.5 Å². The number of carbonyl (C=O) groups is 1. The van der Waals surface area contributed by atoms with E-state index in [0.717, 1.165) is 21.2 Å². The highest BCUT2D eigenvalue weighted by Crippen LogP contribution is 2.24. The Labute approximate surface area is 164 Å². The first kappa shape index (κ1) is 17.7. The molecule has 0 aliphatic rings. The Morgan fingerprint density at radius 2 is 2.07 bits per heavy atom. The molecule has 6 nitrogen and oxygen atoms in total. The average molecular weight is 396 g/mol. The van der Waals surface area contributed by atoms with Gasteiger partial charge in [-0.3, -0.25) is 4.79 Å². The van der Waals surface area contributed by atoms with Crippen molar-refractivity contribution in [3.8, 4) is 10.7 Å². The average Bonchev–Trinajstić information content (AvgIpc) is 3.31. The van der Waals surface area contributed by atoms with Crippen LogP contribution in [0.3, 0.4) is 0 Å². The van der Waals surface area contributed by atoms with Gasteiger partial charge in [0, 0.05) is 5.69 Å². The zero-order chi connectivity index (χ0) is 18.8. The molecule has 0 aliphatic heterocycles. The van der Waals surface area contributed by atoms with E-state index in [4.69, 9.17) is 0 Å². The van der Waals surface area contributed by atoms with E-state index >= 15 is 0 Å². The van der Waals surface area contributed by atoms with Crippen molar-refractivity contribution in [2.45, 2.75) is 18.9 Å². The summed E-state index contributed by atoms with van der Waals surface area (Å²) in [5.41, 5.74) is 3.75. The fourth-order valence-corrected chi connectivity index (χ4v) is 4.04. The van der Waals surface area contributed by atoms with Crippen molar-refractivity contribution in [3.05, 3.63) is 59.0 Å². The molecule has 136 valence electrons. The molecular weight excluding hydrogens is 378 g/mol. The maximum Gasteiger partial charge on any atom is 0.234 e. The first-order valence-corrected chi connectivity index (χ1v) is 10.2. The van der Waals surface area contributed by atoms with Crippen LogP contribution in [0.15, 0.2) is 52.9 Å². The smallest absolute Gasteiger partial charge is 0.234 e. The van der Waals surface area contributed by atoms with Gasteiger partial charge in [-0.05, 0) is 49.1 Å². The van der Waals surface area contributed by atoms with Crippen molar-refractivity contribution >= 4 is 40.3 Å². The van der Waals surface area contributed by atoms with Crippen molar-refractivity contribution in [2.75, 3.05) is 11.1 Å². The monoisotopic (exact) mass is 395 g/mol. The standard InChI is InChI=1S/C19H17N5OS2/c1-12-5-6-14(13(2)10-12)20-17(25)11-27-18-8-7-16-21-22-19(24(16)23-18)15-4-3-9-26-15/h3-10H,11H2,1-2H3,(H,20,25). The predicted octanol–water partition coefficient (Wildman–Crippen LogP) is 4.20. The van der Waals surface area contributed by atoms with E-state index in [0.29, 0.717) is 11.5 Å². The van der Waals surface area contributed by atoms with E-state index in [1.54, 1.807) is 15.9 Å². The molecule has 4 rings (SSSR count). The molecule has 4 aromatic rings. The maximum atomic E-state index is 12.3. The molecule has 1 aromatic carbocycles. The molecular formula is C19H17N5OS2. The third-order valence-corrected chi connectivity index (χ3v) is 5.77. The summed E-state index contributed by atoms with van der Waals surface area (Å²) in [5.74, 6) is 0.931. The van der Waals surface area contributed by atoms with Crippen LogP contribution in [0, 0.1) is 13.8 Å². The van der Waals surface area contributed by atoms with E-state index in [1.165, 1.54) is 17.3 Å². The first-order valence-electron chi connectivity index (χ1n) is 8.36. The van der Waals surface area contributed by atoms with E-state index in [1.807, 2.05) is 55.6 Å². The number of aromatic nitrogens is 4. The van der Waals surface area contributed by atoms with Crippen LogP contribution in [-0.2, 0) is 4.79 Å². The minimum atomic E-state index is -0.0592. The maximum absolute atomic E-state index is 12.3. The molecule has 0 unspecified atom stereocenters. The Morgan fingerprint density at radius 3 is 2.85 bits per heavy atom. The van der Waals surface area contributed by atoms with Gasteiger partial charge in [0.05, 0.1) is 10.6 Å². The zero-order valence-corrected chi connectivity index (χ0v) is 16.5. The van der Waals surface area contributed by atoms with E-state index in [-0.39, 0.29) is 11.7 Å². The number of rotatable bonds is 5. The van der Waals surface area contributed by atoms with Gasteiger partial charge >= 0.3 is 0 Å². The van der Waals surface area contributed by atoms with Crippen molar-refractivity contribution in [1.29, 1.82) is 0 Å². The Balaban J connectivity index is 1.47. The Kier molecular flexibility index (Phi) is 4.91. The number of fused-ring (bicyclic) bond motifs is 1. The number of nitrogens with one attached hydrogen (secondary N) is 1. The second-order valence-corrected chi connectivity index (χ2v) is 8.04. The number of hydrogen-bond acceptors (Lipinski definition) is 6. The van der Waals surface area contributed by atoms with Gasteiger partial charge in [-0.15, -0.1) is 21.5 Å². The van der Waals surface area contributed by atoms with Crippen LogP contribution in [0.5, 0.6) is 0 Å². The van der Waals surface area contributed by atoms with E-state index in [2.05, 4.69) is 26.7 Å². The Bertz CT molecular complexity index is 1100. The first-order chi connectivity index (χ1) is 13.1. The second kappa shape index (κ2) is 7.50. The summed E-state index contributed by atoms with van der Waals surface area (Å²) in [6.45, 7) is 4.02. The molecule has 1 N–H and O–H groups in total. The molecule has 3 aromatic heterocycles. The summed E-state index contributed by atoms with van der Waals surface area (Å²) in [6.07, 6.45) is 0. The van der Waals surface area contributed by atoms with Gasteiger partial charge in [0.25, 0.3) is 0 Å². The molecule has 0 spiro atoms. The molecule has 0 saturated heterocycles. The quantitative estimate of drug-likeness (QED) is 0.513. The molecule has 0 aliphatic carbocycles. The highest BCUT2D eigenvalue weighted by molar-refractivity contribution is 7.99. The number of hydrogen-bond donors (Lipinski definition) is 1. The second-order valence-electron chi connectivity index (χ2n) is 6.10. The third-order valence-electron chi connectivity index (χ3n) is 3.99. The highest BCUT2D eigenvalue weighted by Gasteiger charge is 2.12. The zero-order valence-electron chi connectivity index (χ0n) is 14.8. The summed E-state index contributed by atoms with van der Waals surface area (Å²) >= 11 is 2.97. The number of anilines is 1. The van der Waals surface area contributed by atoms with Crippen LogP contribution < -0.4 is 5.32 Å². The fourth-order valence-electron chi connectivity index (χ4n) is 2.69. The van der Waals surface area contributed by atoms with Gasteiger partial charge in [0.1, 0.15) is 5.03 Å². The van der Waals surface area contributed by atoms with Crippen LogP contribution in [0.2, 0.25) is 0 Å². The lowest BCUT2D eigenvalue weighted by Gasteiger charge is -2.09. The van der Waals surface area contributed by atoms with Gasteiger partial charge in [-0.2, -0.15) is 9.61 Å². The number of thioether (sulfide) groups is 1. The van der Waals surface area contributed by atoms with Crippen molar-refractivity contribution < 1.29 is 4.79 Å². The highest BCUT2D eigenvalue weighted by atomic mass is 32.2. The summed E-state index contributed by atoms with van der Waals surface area (Å²) in [6, 6.07) is 13.7. The largest absolute Gasteiger partial charge is 0.325 e. The Morgan fingerprint density at radius 1 is 1.19 bits per heavy atom. The van der Waals surface area contributed by atoms with Crippen LogP contribution >= 0.6 is 23.1 Å². The van der Waals surface area contributed by atoms with Crippen LogP contribution in [-0.4, -0.2) is 31.5 Å². The van der Waals surface area contributed by atoms with Crippen LogP contribution in [0.25, 0.3) is 16.3 Å². The SMILES string of the molecule is Cc1ccc(NC(=O)CSc2ccc3nnc(-c4cccs4)n3n2)c(C)c1. The molecule has 0 bridgehead atoms. The molecule has 8 heteroatoms. The summed E-state index contributed by atoms with van der Waals surface area (Å²) < 4.78 is 1.72. The van der Waals surface area contributed by atoms with Gasteiger partial charge < -0.3 is 5.32 Å². The fraction of sp³-hybridized carbons (Fsp3) is 0.158. The number of nitrogens with zero attached hydrogens (tertiary/aromatic N) is 4. The van der Waals surface area contributed by atoms with Gasteiger partial charge in [-0.25, -0.2) is 0 Å². The van der Waals surface area contributed by atoms with Crippen LogP contribution in [0.4, 0.5) is 5.69 Å². The summed E-state index contributed by atoms with van der Waals surface area (Å²) in [7, 11) is 0. The third kappa shape index (κ3) is 3.86. The number of aryl methyl sites for hydroxylation is 2. The molecule has 0 atom stereocenters. The van der Waals surface area contributed by atoms with Gasteiger partial charge in [-0.1, -0.05) is 35.5 Å². The normalized spacial score (nSPS) is 11.0. The Hall–Kier alpha value is -2.71. The van der Waals surface area contributed by atoms with Crippen LogP contribution in [0.1, 0.15) is 11.1 Å². The van der Waals surface area contributed by atoms with E-state index in [9.17, 15) is 4.79 Å². The molecule has 0 saturated carbocycles. The molecule has 3 heterocycles. The summed E-state index contributed by atoms with van der Waals surface area (Å²) in [4.78, 5) is 13.3. The van der Waals surface area contributed by atoms with Gasteiger partial charge in [0.2, 0.25) is 5.91 Å². The molecule has 0 radical (unpaired) electrons. The van der Waals surface area contributed by atoms with E-state index < -0.39 is 0 Å². The number of benzene rings is 1. The minimum Gasteiger partial charge on any atom is -0.325 e. The lowest BCUT2D eigenvalue weighted by Crippen LogP contribution is -2.15. The summed E-state index contributed by atoms with van der Waals surface area (Å²) in [5, 5.41) is 18.6. The van der Waals surface area contributed by atoms with Crippen molar-refractivity contribution in [2.24, 2.45) is 0 Å². The number of thiophene rings is 1. The lowest BCUT2D eigenvalue weighted by molar-refractivity contribution is -0.113. The number of amides is 1. The lowest BCUT2D eigenvalue weighted by atomic mass is 10.1. The minimum absolute atomic E-state index is 0.0592. The molecule has 1 amide bonds.